The van der Waals surface area contributed by atoms with Crippen LogP contribution in [0.25, 0.3) is 0 Å². The molecular weight excluding hydrogens is 347 g/mol. The summed E-state index contributed by atoms with van der Waals surface area (Å²) in [5.41, 5.74) is 1.25. The summed E-state index contributed by atoms with van der Waals surface area (Å²) in [7, 11) is 0. The Morgan fingerprint density at radius 2 is 1.59 bits per heavy atom. The molecule has 0 spiro atoms. The van der Waals surface area contributed by atoms with Gasteiger partial charge in [0, 0.05) is 18.2 Å². The quantitative estimate of drug-likeness (QED) is 0.771. The van der Waals surface area contributed by atoms with Gasteiger partial charge in [0.15, 0.2) is 0 Å². The van der Waals surface area contributed by atoms with E-state index in [1.165, 1.54) is 19.1 Å². The summed E-state index contributed by atoms with van der Waals surface area (Å²) >= 11 is 17.8. The van der Waals surface area contributed by atoms with Gasteiger partial charge in [0.1, 0.15) is 0 Å². The van der Waals surface area contributed by atoms with Gasteiger partial charge < -0.3 is 10.6 Å². The molecule has 114 valence electrons. The molecule has 0 aliphatic heterocycles. The van der Waals surface area contributed by atoms with E-state index in [2.05, 4.69) is 10.6 Å². The second-order valence-electron chi connectivity index (χ2n) is 4.46. The molecule has 0 heterocycles. The van der Waals surface area contributed by atoms with Crippen LogP contribution < -0.4 is 10.6 Å². The lowest BCUT2D eigenvalue weighted by atomic mass is 10.2. The summed E-state index contributed by atoms with van der Waals surface area (Å²) in [5, 5.41) is 6.12. The van der Waals surface area contributed by atoms with E-state index in [0.717, 1.165) is 0 Å². The van der Waals surface area contributed by atoms with Crippen LogP contribution in [-0.2, 0) is 4.79 Å². The molecule has 4 nitrogen and oxygen atoms in total. The second-order valence-corrected chi connectivity index (χ2v) is 5.68. The van der Waals surface area contributed by atoms with E-state index >= 15 is 0 Å². The molecule has 0 aliphatic rings. The monoisotopic (exact) mass is 356 g/mol. The van der Waals surface area contributed by atoms with Crippen LogP contribution in [0.5, 0.6) is 0 Å². The van der Waals surface area contributed by atoms with E-state index in [-0.39, 0.29) is 21.9 Å². The molecule has 22 heavy (non-hydrogen) atoms. The minimum absolute atomic E-state index is 0.218. The number of benzene rings is 2. The first-order valence-corrected chi connectivity index (χ1v) is 7.34. The van der Waals surface area contributed by atoms with Gasteiger partial charge in [0.25, 0.3) is 5.91 Å². The molecule has 0 unspecified atom stereocenters. The normalized spacial score (nSPS) is 10.2. The lowest BCUT2D eigenvalue weighted by Gasteiger charge is -2.10. The highest BCUT2D eigenvalue weighted by Gasteiger charge is 2.11. The zero-order valence-electron chi connectivity index (χ0n) is 11.4. The standard InChI is InChI=1S/C15H11Cl3N2O2/c1-8(21)19-10-4-2-3-9(5-10)15(22)20-14-7-12(17)11(16)6-13(14)18/h2-7H,1H3,(H,19,21)(H,20,22). The molecule has 2 N–H and O–H groups in total. The first kappa shape index (κ1) is 16.6. The number of hydrogen-bond acceptors (Lipinski definition) is 2. The van der Waals surface area contributed by atoms with Crippen molar-refractivity contribution in [2.24, 2.45) is 0 Å². The Balaban J connectivity index is 2.22. The smallest absolute Gasteiger partial charge is 0.255 e. The molecule has 0 radical (unpaired) electrons. The van der Waals surface area contributed by atoms with Crippen LogP contribution >= 0.6 is 34.8 Å². The summed E-state index contributed by atoms with van der Waals surface area (Å²) in [5.74, 6) is -0.599. The van der Waals surface area contributed by atoms with Crippen molar-refractivity contribution >= 4 is 58.0 Å². The third-order valence-corrected chi connectivity index (χ3v) is 3.74. The number of halogens is 3. The number of rotatable bonds is 3. The van der Waals surface area contributed by atoms with Gasteiger partial charge in [-0.15, -0.1) is 0 Å². The molecule has 0 saturated carbocycles. The molecule has 2 aromatic carbocycles. The van der Waals surface area contributed by atoms with Crippen molar-refractivity contribution in [3.8, 4) is 0 Å². The molecule has 2 rings (SSSR count). The van der Waals surface area contributed by atoms with E-state index < -0.39 is 0 Å². The van der Waals surface area contributed by atoms with Gasteiger partial charge >= 0.3 is 0 Å². The van der Waals surface area contributed by atoms with Crippen molar-refractivity contribution in [1.29, 1.82) is 0 Å². The molecule has 0 fully saturated rings. The van der Waals surface area contributed by atoms with E-state index in [9.17, 15) is 9.59 Å². The fourth-order valence-electron chi connectivity index (χ4n) is 1.75. The Kier molecular flexibility index (Phi) is 5.29. The van der Waals surface area contributed by atoms with Crippen LogP contribution in [0.15, 0.2) is 36.4 Å². The SMILES string of the molecule is CC(=O)Nc1cccc(C(=O)Nc2cc(Cl)c(Cl)cc2Cl)c1. The van der Waals surface area contributed by atoms with E-state index in [1.807, 2.05) is 0 Å². The van der Waals surface area contributed by atoms with Crippen molar-refractivity contribution in [2.45, 2.75) is 6.92 Å². The summed E-state index contributed by atoms with van der Waals surface area (Å²) < 4.78 is 0. The molecule has 0 atom stereocenters. The average molecular weight is 358 g/mol. The van der Waals surface area contributed by atoms with Gasteiger partial charge in [0.05, 0.1) is 20.8 Å². The Labute approximate surface area is 142 Å². The summed E-state index contributed by atoms with van der Waals surface area (Å²) in [4.78, 5) is 23.3. The average Bonchev–Trinajstić information content (AvgIpc) is 2.44. The first-order chi connectivity index (χ1) is 10.4. The van der Waals surface area contributed by atoms with Gasteiger partial charge in [0.2, 0.25) is 5.91 Å². The van der Waals surface area contributed by atoms with Crippen LogP contribution in [0.4, 0.5) is 11.4 Å². The largest absolute Gasteiger partial charge is 0.326 e. The highest BCUT2D eigenvalue weighted by molar-refractivity contribution is 6.44. The lowest BCUT2D eigenvalue weighted by molar-refractivity contribution is -0.114. The van der Waals surface area contributed by atoms with Crippen molar-refractivity contribution in [3.05, 3.63) is 57.0 Å². The maximum Gasteiger partial charge on any atom is 0.255 e. The van der Waals surface area contributed by atoms with Gasteiger partial charge in [-0.25, -0.2) is 0 Å². The van der Waals surface area contributed by atoms with Gasteiger partial charge in [-0.3, -0.25) is 9.59 Å². The van der Waals surface area contributed by atoms with Crippen molar-refractivity contribution in [1.82, 2.24) is 0 Å². The van der Waals surface area contributed by atoms with Gasteiger partial charge in [-0.2, -0.15) is 0 Å². The van der Waals surface area contributed by atoms with Crippen molar-refractivity contribution in [3.63, 3.8) is 0 Å². The topological polar surface area (TPSA) is 58.2 Å². The molecule has 0 saturated heterocycles. The molecule has 0 bridgehead atoms. The number of nitrogens with one attached hydrogen (secondary N) is 2. The maximum absolute atomic E-state index is 12.2. The number of carbonyl (C=O) groups excluding carboxylic acids is 2. The minimum Gasteiger partial charge on any atom is -0.326 e. The third kappa shape index (κ3) is 4.13. The number of hydrogen-bond donors (Lipinski definition) is 2. The fourth-order valence-corrected chi connectivity index (χ4v) is 2.35. The lowest BCUT2D eigenvalue weighted by Crippen LogP contribution is -2.13. The third-order valence-electron chi connectivity index (χ3n) is 2.70. The molecule has 2 aromatic rings. The van der Waals surface area contributed by atoms with E-state index in [1.54, 1.807) is 24.3 Å². The minimum atomic E-state index is -0.382. The number of anilines is 2. The molecule has 0 aliphatic carbocycles. The van der Waals surface area contributed by atoms with E-state index in [4.69, 9.17) is 34.8 Å². The van der Waals surface area contributed by atoms with Crippen molar-refractivity contribution < 1.29 is 9.59 Å². The van der Waals surface area contributed by atoms with Crippen LogP contribution in [0.1, 0.15) is 17.3 Å². The number of amides is 2. The molecule has 2 amide bonds. The first-order valence-electron chi connectivity index (χ1n) is 6.20. The maximum atomic E-state index is 12.2. The second kappa shape index (κ2) is 7.01. The summed E-state index contributed by atoms with van der Waals surface area (Å²) in [6, 6.07) is 9.45. The Hall–Kier alpha value is -1.75. The van der Waals surface area contributed by atoms with Crippen LogP contribution in [-0.4, -0.2) is 11.8 Å². The summed E-state index contributed by atoms with van der Waals surface area (Å²) in [6.07, 6.45) is 0. The van der Waals surface area contributed by atoms with Gasteiger partial charge in [-0.05, 0) is 30.3 Å². The zero-order valence-corrected chi connectivity index (χ0v) is 13.7. The highest BCUT2D eigenvalue weighted by atomic mass is 35.5. The highest BCUT2D eigenvalue weighted by Crippen LogP contribution is 2.32. The Morgan fingerprint density at radius 3 is 2.27 bits per heavy atom. The zero-order chi connectivity index (χ0) is 16.3. The van der Waals surface area contributed by atoms with Crippen LogP contribution in [0.2, 0.25) is 15.1 Å². The molecule has 7 heteroatoms. The predicted octanol–water partition coefficient (Wildman–Crippen LogP) is 4.86. The molecular formula is C15H11Cl3N2O2. The fraction of sp³-hybridized carbons (Fsp3) is 0.0667. The summed E-state index contributed by atoms with van der Waals surface area (Å²) in [6.45, 7) is 1.39. The molecule has 0 aromatic heterocycles. The van der Waals surface area contributed by atoms with Crippen LogP contribution in [0.3, 0.4) is 0 Å². The Bertz CT molecular complexity index is 748. The predicted molar refractivity (Wildman–Crippen MR) is 90.2 cm³/mol. The number of carbonyl (C=O) groups is 2. The van der Waals surface area contributed by atoms with Gasteiger partial charge in [-0.1, -0.05) is 40.9 Å². The van der Waals surface area contributed by atoms with E-state index in [0.29, 0.717) is 22.0 Å². The van der Waals surface area contributed by atoms with Crippen LogP contribution in [0, 0.1) is 0 Å². The Morgan fingerprint density at radius 1 is 0.909 bits per heavy atom. The van der Waals surface area contributed by atoms with Crippen molar-refractivity contribution in [2.75, 3.05) is 10.6 Å².